The van der Waals surface area contributed by atoms with Crippen LogP contribution < -0.4 is 4.90 Å². The zero-order valence-electron chi connectivity index (χ0n) is 33.9. The summed E-state index contributed by atoms with van der Waals surface area (Å²) in [6.07, 6.45) is 18.3. The Morgan fingerprint density at radius 1 is 0.421 bits per heavy atom. The van der Waals surface area contributed by atoms with E-state index in [1.807, 2.05) is 0 Å². The summed E-state index contributed by atoms with van der Waals surface area (Å²) in [7, 11) is 0. The third-order valence-electron chi connectivity index (χ3n) is 12.4. The normalized spacial score (nSPS) is 12.8. The van der Waals surface area contributed by atoms with Gasteiger partial charge in [-0.1, -0.05) is 188 Å². The summed E-state index contributed by atoms with van der Waals surface area (Å²) in [6, 6.07) is 51.3. The predicted molar refractivity (Wildman–Crippen MR) is 245 cm³/mol. The van der Waals surface area contributed by atoms with Crippen molar-refractivity contribution >= 4 is 39.8 Å². The van der Waals surface area contributed by atoms with E-state index in [4.69, 9.17) is 8.75 Å². The Balaban J connectivity index is 1.13. The average molecular weight is 768 g/mol. The number of benzene rings is 6. The molecule has 1 aliphatic carbocycles. The number of hydrogen-bond donors (Lipinski definition) is 0. The summed E-state index contributed by atoms with van der Waals surface area (Å²) in [5.74, 6) is 0. The topological polar surface area (TPSA) is 29.0 Å². The lowest BCUT2D eigenvalue weighted by Gasteiger charge is -2.33. The molecule has 0 radical (unpaired) electrons. The van der Waals surface area contributed by atoms with Crippen molar-refractivity contribution in [3.8, 4) is 33.4 Å². The van der Waals surface area contributed by atoms with Crippen LogP contribution in [0, 0.1) is 0 Å². The minimum absolute atomic E-state index is 0.0476. The number of aromatic nitrogens is 2. The summed E-state index contributed by atoms with van der Waals surface area (Å²) in [5.41, 5.74) is 16.0. The molecule has 0 amide bonds. The van der Waals surface area contributed by atoms with Crippen LogP contribution >= 0.6 is 11.7 Å². The second-order valence-corrected chi connectivity index (χ2v) is 16.6. The molecule has 6 aromatic carbocycles. The fourth-order valence-electron chi connectivity index (χ4n) is 9.42. The van der Waals surface area contributed by atoms with Gasteiger partial charge in [0.05, 0.1) is 11.7 Å². The summed E-state index contributed by atoms with van der Waals surface area (Å²) in [5, 5.41) is 0. The SMILES string of the molecule is CCCCCCCCC1(CCCCCCCC)c2ccccc2-c2ccc(-c3ccc(-c4ccc(N(c5ccccc5)c5ccccc5)cc4)c4nsnc34)cc21. The fourth-order valence-corrected chi connectivity index (χ4v) is 10.00. The van der Waals surface area contributed by atoms with Crippen LogP contribution in [-0.4, -0.2) is 8.75 Å². The van der Waals surface area contributed by atoms with E-state index >= 15 is 0 Å². The van der Waals surface area contributed by atoms with Crippen LogP contribution in [0.3, 0.4) is 0 Å². The van der Waals surface area contributed by atoms with Crippen LogP contribution in [0.5, 0.6) is 0 Å². The fraction of sp³-hybridized carbons (Fsp3) is 0.321. The Bertz CT molecular complexity index is 2290. The maximum absolute atomic E-state index is 4.97. The summed E-state index contributed by atoms with van der Waals surface area (Å²) >= 11 is 1.32. The van der Waals surface area contributed by atoms with Gasteiger partial charge in [-0.3, -0.25) is 0 Å². The number of para-hydroxylation sites is 2. The molecule has 0 spiro atoms. The van der Waals surface area contributed by atoms with Crippen molar-refractivity contribution in [2.75, 3.05) is 4.90 Å². The highest BCUT2D eigenvalue weighted by molar-refractivity contribution is 7.00. The van der Waals surface area contributed by atoms with Gasteiger partial charge in [-0.2, -0.15) is 8.75 Å². The molecule has 0 aliphatic heterocycles. The third kappa shape index (κ3) is 8.21. The molecular weight excluding hydrogens is 711 g/mol. The molecular formula is C53H57N3S. The van der Waals surface area contributed by atoms with Crippen molar-refractivity contribution in [2.45, 2.75) is 109 Å². The van der Waals surface area contributed by atoms with Crippen LogP contribution in [0.1, 0.15) is 115 Å². The van der Waals surface area contributed by atoms with Gasteiger partial charge in [-0.15, -0.1) is 0 Å². The minimum Gasteiger partial charge on any atom is -0.311 e. The van der Waals surface area contributed by atoms with Gasteiger partial charge in [0.25, 0.3) is 0 Å². The highest BCUT2D eigenvalue weighted by Crippen LogP contribution is 2.55. The molecule has 0 unspecified atom stereocenters. The lowest BCUT2D eigenvalue weighted by molar-refractivity contribution is 0.398. The quantitative estimate of drug-likeness (QED) is 0.0768. The first kappa shape index (κ1) is 38.8. The van der Waals surface area contributed by atoms with Gasteiger partial charge in [0, 0.05) is 33.6 Å². The van der Waals surface area contributed by atoms with Crippen LogP contribution in [0.4, 0.5) is 17.1 Å². The Morgan fingerprint density at radius 2 is 0.877 bits per heavy atom. The molecule has 1 aliphatic rings. The van der Waals surface area contributed by atoms with Crippen molar-refractivity contribution in [1.82, 2.24) is 8.75 Å². The molecule has 3 nitrogen and oxygen atoms in total. The van der Waals surface area contributed by atoms with Gasteiger partial charge in [-0.05, 0) is 88.7 Å². The van der Waals surface area contributed by atoms with Crippen molar-refractivity contribution in [3.63, 3.8) is 0 Å². The first-order valence-corrected chi connectivity index (χ1v) is 22.5. The highest BCUT2D eigenvalue weighted by Gasteiger charge is 2.42. The summed E-state index contributed by atoms with van der Waals surface area (Å²) in [6.45, 7) is 4.62. The molecule has 0 N–H and O–H groups in total. The second-order valence-electron chi connectivity index (χ2n) is 16.1. The number of rotatable bonds is 19. The summed E-state index contributed by atoms with van der Waals surface area (Å²) in [4.78, 5) is 2.30. The third-order valence-corrected chi connectivity index (χ3v) is 12.9. The van der Waals surface area contributed by atoms with Crippen LogP contribution in [0.25, 0.3) is 44.4 Å². The van der Waals surface area contributed by atoms with Gasteiger partial charge < -0.3 is 4.90 Å². The first-order chi connectivity index (χ1) is 28.2. The summed E-state index contributed by atoms with van der Waals surface area (Å²) < 4.78 is 9.90. The molecule has 0 bridgehead atoms. The van der Waals surface area contributed by atoms with Crippen molar-refractivity contribution < 1.29 is 0 Å². The van der Waals surface area contributed by atoms with Gasteiger partial charge in [0.1, 0.15) is 11.0 Å². The van der Waals surface area contributed by atoms with Crippen molar-refractivity contribution in [2.24, 2.45) is 0 Å². The van der Waals surface area contributed by atoms with E-state index in [0.717, 1.165) is 39.2 Å². The van der Waals surface area contributed by atoms with E-state index in [-0.39, 0.29) is 5.41 Å². The van der Waals surface area contributed by atoms with Gasteiger partial charge in [0.15, 0.2) is 0 Å². The first-order valence-electron chi connectivity index (χ1n) is 21.7. The Kier molecular flexibility index (Phi) is 12.6. The lowest BCUT2D eigenvalue weighted by Crippen LogP contribution is -2.25. The Morgan fingerprint density at radius 3 is 1.47 bits per heavy atom. The second kappa shape index (κ2) is 18.5. The zero-order valence-corrected chi connectivity index (χ0v) is 34.7. The lowest BCUT2D eigenvalue weighted by atomic mass is 9.70. The predicted octanol–water partition coefficient (Wildman–Crippen LogP) is 16.3. The van der Waals surface area contributed by atoms with Crippen molar-refractivity contribution in [3.05, 3.63) is 151 Å². The number of unbranched alkanes of at least 4 members (excludes halogenated alkanes) is 10. The van der Waals surface area contributed by atoms with E-state index < -0.39 is 0 Å². The number of fused-ring (bicyclic) bond motifs is 4. The monoisotopic (exact) mass is 767 g/mol. The van der Waals surface area contributed by atoms with Crippen LogP contribution in [0.15, 0.2) is 140 Å². The van der Waals surface area contributed by atoms with Gasteiger partial charge in [0.2, 0.25) is 0 Å². The van der Waals surface area contributed by atoms with E-state index in [9.17, 15) is 0 Å². The molecule has 290 valence electrons. The average Bonchev–Trinajstić information content (AvgIpc) is 3.86. The number of anilines is 3. The molecule has 4 heteroatoms. The molecule has 8 rings (SSSR count). The molecule has 57 heavy (non-hydrogen) atoms. The van der Waals surface area contributed by atoms with Gasteiger partial charge >= 0.3 is 0 Å². The van der Waals surface area contributed by atoms with Crippen LogP contribution in [-0.2, 0) is 5.41 Å². The van der Waals surface area contributed by atoms with E-state index in [2.05, 4.69) is 158 Å². The molecule has 0 atom stereocenters. The molecule has 1 aromatic heterocycles. The number of hydrogen-bond acceptors (Lipinski definition) is 4. The minimum atomic E-state index is 0.0476. The molecule has 7 aromatic rings. The highest BCUT2D eigenvalue weighted by atomic mass is 32.1. The Labute approximate surface area is 345 Å². The van der Waals surface area contributed by atoms with Crippen LogP contribution in [0.2, 0.25) is 0 Å². The largest absolute Gasteiger partial charge is 0.311 e. The van der Waals surface area contributed by atoms with E-state index in [1.54, 1.807) is 5.56 Å². The smallest absolute Gasteiger partial charge is 0.113 e. The van der Waals surface area contributed by atoms with E-state index in [0.29, 0.717) is 0 Å². The molecule has 0 fully saturated rings. The van der Waals surface area contributed by atoms with Gasteiger partial charge in [-0.25, -0.2) is 0 Å². The van der Waals surface area contributed by atoms with Crippen molar-refractivity contribution in [1.29, 1.82) is 0 Å². The maximum Gasteiger partial charge on any atom is 0.113 e. The van der Waals surface area contributed by atoms with E-state index in [1.165, 1.54) is 129 Å². The maximum atomic E-state index is 4.97. The zero-order chi connectivity index (χ0) is 38.9. The standard InChI is InChI=1S/C53H57N3S/c1-3-5-7-9-11-21-37-53(38-22-12-10-8-6-4-2)49-28-20-19-27-47(49)48-34-31-41(39-50(48)53)46-36-35-45(51-52(46)55-57-54-51)40-29-32-44(33-30-40)56(42-23-15-13-16-24-42)43-25-17-14-18-26-43/h13-20,23-36,39H,3-12,21-22,37-38H2,1-2H3. The number of nitrogens with zero attached hydrogens (tertiary/aromatic N) is 3. The molecule has 0 saturated heterocycles. The Hall–Kier alpha value is -5.06. The molecule has 0 saturated carbocycles. The molecule has 1 heterocycles.